The van der Waals surface area contributed by atoms with E-state index in [4.69, 9.17) is 4.42 Å². The zero-order valence-corrected chi connectivity index (χ0v) is 9.60. The number of aryl methyl sites for hydroxylation is 1. The lowest BCUT2D eigenvalue weighted by Crippen LogP contribution is -2.11. The van der Waals surface area contributed by atoms with Crippen molar-refractivity contribution in [1.82, 2.24) is 20.1 Å². The molecule has 0 saturated carbocycles. The van der Waals surface area contributed by atoms with Gasteiger partial charge in [0, 0.05) is 25.9 Å². The Morgan fingerprint density at radius 2 is 2.31 bits per heavy atom. The molecule has 2 rings (SSSR count). The normalized spacial score (nSPS) is 10.9. The van der Waals surface area contributed by atoms with Gasteiger partial charge >= 0.3 is 0 Å². The molecule has 0 radical (unpaired) electrons. The van der Waals surface area contributed by atoms with E-state index in [0.717, 1.165) is 13.1 Å². The van der Waals surface area contributed by atoms with E-state index in [1.165, 1.54) is 5.56 Å². The van der Waals surface area contributed by atoms with Crippen molar-refractivity contribution in [3.05, 3.63) is 35.8 Å². The summed E-state index contributed by atoms with van der Waals surface area (Å²) in [4.78, 5) is 0. The standard InChI is InChI=1S/C11H16N4O/c1-3-12-6-10-4-5-15(7-10)8-11-14-13-9(2)16-11/h4-5,7,12H,3,6,8H2,1-2H3. The minimum atomic E-state index is 0.607. The van der Waals surface area contributed by atoms with E-state index in [9.17, 15) is 0 Å². The second-order valence-corrected chi connectivity index (χ2v) is 3.69. The van der Waals surface area contributed by atoms with E-state index >= 15 is 0 Å². The molecule has 0 saturated heterocycles. The molecular weight excluding hydrogens is 204 g/mol. The molecule has 2 aromatic heterocycles. The number of aromatic nitrogens is 3. The number of nitrogens with zero attached hydrogens (tertiary/aromatic N) is 3. The lowest BCUT2D eigenvalue weighted by atomic mass is 10.3. The van der Waals surface area contributed by atoms with Crippen molar-refractivity contribution in [3.8, 4) is 0 Å². The molecule has 5 nitrogen and oxygen atoms in total. The summed E-state index contributed by atoms with van der Waals surface area (Å²) in [5, 5.41) is 11.0. The fourth-order valence-corrected chi connectivity index (χ4v) is 1.52. The van der Waals surface area contributed by atoms with Gasteiger partial charge in [-0.05, 0) is 18.2 Å². The van der Waals surface area contributed by atoms with Crippen LogP contribution in [0, 0.1) is 6.92 Å². The van der Waals surface area contributed by atoms with Gasteiger partial charge in [0.25, 0.3) is 0 Å². The van der Waals surface area contributed by atoms with Crippen LogP contribution in [-0.4, -0.2) is 21.3 Å². The number of hydrogen-bond donors (Lipinski definition) is 1. The molecule has 0 aliphatic carbocycles. The molecule has 86 valence electrons. The third-order valence-corrected chi connectivity index (χ3v) is 2.28. The first-order valence-electron chi connectivity index (χ1n) is 5.42. The van der Waals surface area contributed by atoms with Gasteiger partial charge in [-0.1, -0.05) is 6.92 Å². The molecule has 0 unspecified atom stereocenters. The zero-order chi connectivity index (χ0) is 11.4. The monoisotopic (exact) mass is 220 g/mol. The van der Waals surface area contributed by atoms with Crippen LogP contribution < -0.4 is 5.32 Å². The Labute approximate surface area is 94.5 Å². The fraction of sp³-hybridized carbons (Fsp3) is 0.455. The molecule has 2 aromatic rings. The Morgan fingerprint density at radius 3 is 3.00 bits per heavy atom. The quantitative estimate of drug-likeness (QED) is 0.826. The van der Waals surface area contributed by atoms with Crippen LogP contribution in [0.4, 0.5) is 0 Å². The van der Waals surface area contributed by atoms with Gasteiger partial charge in [0.1, 0.15) is 6.54 Å². The lowest BCUT2D eigenvalue weighted by Gasteiger charge is -1.98. The maximum Gasteiger partial charge on any atom is 0.236 e. The SMILES string of the molecule is CCNCc1ccn(Cc2nnc(C)o2)c1. The highest BCUT2D eigenvalue weighted by Gasteiger charge is 2.03. The average molecular weight is 220 g/mol. The highest BCUT2D eigenvalue weighted by atomic mass is 16.4. The van der Waals surface area contributed by atoms with Gasteiger partial charge in [-0.3, -0.25) is 0 Å². The van der Waals surface area contributed by atoms with Crippen molar-refractivity contribution >= 4 is 0 Å². The van der Waals surface area contributed by atoms with Crippen molar-refractivity contribution in [2.24, 2.45) is 0 Å². The van der Waals surface area contributed by atoms with Crippen molar-refractivity contribution in [1.29, 1.82) is 0 Å². The molecule has 0 amide bonds. The number of hydrogen-bond acceptors (Lipinski definition) is 4. The van der Waals surface area contributed by atoms with Crippen molar-refractivity contribution < 1.29 is 4.42 Å². The second kappa shape index (κ2) is 4.94. The van der Waals surface area contributed by atoms with Gasteiger partial charge in [0.05, 0.1) is 0 Å². The smallest absolute Gasteiger partial charge is 0.236 e. The maximum atomic E-state index is 5.32. The Hall–Kier alpha value is -1.62. The van der Waals surface area contributed by atoms with Gasteiger partial charge in [0.2, 0.25) is 11.8 Å². The molecule has 16 heavy (non-hydrogen) atoms. The summed E-state index contributed by atoms with van der Waals surface area (Å²) in [6.45, 7) is 6.40. The van der Waals surface area contributed by atoms with E-state index in [1.807, 2.05) is 10.8 Å². The molecule has 0 aromatic carbocycles. The fourth-order valence-electron chi connectivity index (χ4n) is 1.52. The van der Waals surface area contributed by atoms with Gasteiger partial charge in [-0.25, -0.2) is 0 Å². The molecule has 5 heteroatoms. The Kier molecular flexibility index (Phi) is 3.36. The first kappa shape index (κ1) is 10.9. The van der Waals surface area contributed by atoms with E-state index in [-0.39, 0.29) is 0 Å². The highest BCUT2D eigenvalue weighted by Crippen LogP contribution is 2.05. The van der Waals surface area contributed by atoms with Gasteiger partial charge in [-0.15, -0.1) is 10.2 Å². The summed E-state index contributed by atoms with van der Waals surface area (Å²) in [6, 6.07) is 2.09. The molecule has 0 aliphatic rings. The number of nitrogens with one attached hydrogen (secondary N) is 1. The summed E-state index contributed by atoms with van der Waals surface area (Å²) in [5.74, 6) is 1.25. The molecule has 0 bridgehead atoms. The zero-order valence-electron chi connectivity index (χ0n) is 9.60. The molecule has 1 N–H and O–H groups in total. The third kappa shape index (κ3) is 2.70. The predicted octanol–water partition coefficient (Wildman–Crippen LogP) is 1.34. The molecule has 0 spiro atoms. The van der Waals surface area contributed by atoms with Gasteiger partial charge < -0.3 is 14.3 Å². The molecular formula is C11H16N4O. The van der Waals surface area contributed by atoms with Crippen molar-refractivity contribution in [3.63, 3.8) is 0 Å². The van der Waals surface area contributed by atoms with Crippen LogP contribution in [-0.2, 0) is 13.1 Å². The van der Waals surface area contributed by atoms with Crippen molar-refractivity contribution in [2.75, 3.05) is 6.54 Å². The predicted molar refractivity (Wildman–Crippen MR) is 59.9 cm³/mol. The first-order valence-corrected chi connectivity index (χ1v) is 5.42. The topological polar surface area (TPSA) is 55.9 Å². The molecule has 0 aliphatic heterocycles. The Balaban J connectivity index is 1.97. The van der Waals surface area contributed by atoms with Crippen LogP contribution in [0.15, 0.2) is 22.9 Å². The third-order valence-electron chi connectivity index (χ3n) is 2.28. The minimum absolute atomic E-state index is 0.607. The average Bonchev–Trinajstić information content (AvgIpc) is 2.86. The molecule has 0 atom stereocenters. The summed E-state index contributed by atoms with van der Waals surface area (Å²) in [7, 11) is 0. The van der Waals surface area contributed by atoms with Crippen LogP contribution in [0.1, 0.15) is 24.3 Å². The maximum absolute atomic E-state index is 5.32. The first-order chi connectivity index (χ1) is 7.78. The largest absolute Gasteiger partial charge is 0.424 e. The summed E-state index contributed by atoms with van der Waals surface area (Å²) >= 11 is 0. The highest BCUT2D eigenvalue weighted by molar-refractivity contribution is 5.10. The van der Waals surface area contributed by atoms with Crippen LogP contribution >= 0.6 is 0 Å². The number of rotatable bonds is 5. The van der Waals surface area contributed by atoms with Crippen LogP contribution in [0.25, 0.3) is 0 Å². The molecule has 0 fully saturated rings. The van der Waals surface area contributed by atoms with E-state index in [2.05, 4.69) is 34.7 Å². The van der Waals surface area contributed by atoms with Gasteiger partial charge in [0.15, 0.2) is 0 Å². The van der Waals surface area contributed by atoms with Crippen LogP contribution in [0.5, 0.6) is 0 Å². The van der Waals surface area contributed by atoms with E-state index in [0.29, 0.717) is 18.3 Å². The Morgan fingerprint density at radius 1 is 1.44 bits per heavy atom. The lowest BCUT2D eigenvalue weighted by molar-refractivity contribution is 0.454. The Bertz CT molecular complexity index is 446. The van der Waals surface area contributed by atoms with E-state index in [1.54, 1.807) is 6.92 Å². The summed E-state index contributed by atoms with van der Waals surface area (Å²) in [6.07, 6.45) is 4.11. The van der Waals surface area contributed by atoms with Crippen molar-refractivity contribution in [2.45, 2.75) is 26.9 Å². The van der Waals surface area contributed by atoms with E-state index < -0.39 is 0 Å². The summed E-state index contributed by atoms with van der Waals surface area (Å²) < 4.78 is 7.36. The van der Waals surface area contributed by atoms with Gasteiger partial charge in [-0.2, -0.15) is 0 Å². The molecule has 2 heterocycles. The van der Waals surface area contributed by atoms with Crippen LogP contribution in [0.2, 0.25) is 0 Å². The summed E-state index contributed by atoms with van der Waals surface area (Å²) in [5.41, 5.74) is 1.26. The second-order valence-electron chi connectivity index (χ2n) is 3.69. The minimum Gasteiger partial charge on any atom is -0.424 e. The van der Waals surface area contributed by atoms with Crippen LogP contribution in [0.3, 0.4) is 0 Å².